The lowest BCUT2D eigenvalue weighted by Gasteiger charge is -2.11. The van der Waals surface area contributed by atoms with E-state index in [0.29, 0.717) is 22.9 Å². The molecule has 1 aliphatic heterocycles. The SMILES string of the molecule is O=C(Nc1cccc(F)c1)C1Cc2cc(Cl)ccc2O1. The molecule has 0 aromatic heterocycles. The van der Waals surface area contributed by atoms with E-state index in [4.69, 9.17) is 16.3 Å². The Labute approximate surface area is 120 Å². The highest BCUT2D eigenvalue weighted by Crippen LogP contribution is 2.31. The van der Waals surface area contributed by atoms with Crippen LogP contribution in [0.2, 0.25) is 5.02 Å². The number of nitrogens with one attached hydrogen (secondary N) is 1. The van der Waals surface area contributed by atoms with Crippen molar-refractivity contribution in [3.05, 3.63) is 58.9 Å². The van der Waals surface area contributed by atoms with Crippen molar-refractivity contribution in [2.75, 3.05) is 5.32 Å². The highest BCUT2D eigenvalue weighted by Gasteiger charge is 2.29. The third-order valence-corrected chi connectivity index (χ3v) is 3.32. The molecule has 102 valence electrons. The zero-order chi connectivity index (χ0) is 14.1. The van der Waals surface area contributed by atoms with Gasteiger partial charge in [0.05, 0.1) is 0 Å². The highest BCUT2D eigenvalue weighted by molar-refractivity contribution is 6.30. The van der Waals surface area contributed by atoms with Gasteiger partial charge in [-0.2, -0.15) is 0 Å². The van der Waals surface area contributed by atoms with E-state index in [1.807, 2.05) is 0 Å². The van der Waals surface area contributed by atoms with Crippen molar-refractivity contribution in [1.82, 2.24) is 0 Å². The molecule has 0 spiro atoms. The van der Waals surface area contributed by atoms with E-state index in [9.17, 15) is 9.18 Å². The molecule has 1 amide bonds. The lowest BCUT2D eigenvalue weighted by Crippen LogP contribution is -2.31. The van der Waals surface area contributed by atoms with E-state index in [1.54, 1.807) is 24.3 Å². The highest BCUT2D eigenvalue weighted by atomic mass is 35.5. The van der Waals surface area contributed by atoms with Gasteiger partial charge in [-0.3, -0.25) is 4.79 Å². The number of anilines is 1. The Morgan fingerprint density at radius 3 is 2.95 bits per heavy atom. The van der Waals surface area contributed by atoms with Crippen LogP contribution < -0.4 is 10.1 Å². The van der Waals surface area contributed by atoms with Gasteiger partial charge in [-0.25, -0.2) is 4.39 Å². The zero-order valence-corrected chi connectivity index (χ0v) is 11.2. The molecule has 1 unspecified atom stereocenters. The van der Waals surface area contributed by atoms with Crippen LogP contribution in [-0.4, -0.2) is 12.0 Å². The number of hydrogen-bond donors (Lipinski definition) is 1. The van der Waals surface area contributed by atoms with E-state index in [0.717, 1.165) is 5.56 Å². The second-order valence-electron chi connectivity index (χ2n) is 4.56. The van der Waals surface area contributed by atoms with Crippen LogP contribution in [-0.2, 0) is 11.2 Å². The van der Waals surface area contributed by atoms with E-state index >= 15 is 0 Å². The molecule has 0 bridgehead atoms. The summed E-state index contributed by atoms with van der Waals surface area (Å²) >= 11 is 5.90. The van der Waals surface area contributed by atoms with Crippen LogP contribution in [0.3, 0.4) is 0 Å². The number of benzene rings is 2. The standard InChI is InChI=1S/C15H11ClFNO2/c16-10-4-5-13-9(6-10)7-14(20-13)15(19)18-12-3-1-2-11(17)8-12/h1-6,8,14H,7H2,(H,18,19). The number of halogens is 2. The maximum atomic E-state index is 13.1. The van der Waals surface area contributed by atoms with E-state index in [2.05, 4.69) is 5.32 Å². The minimum absolute atomic E-state index is 0.303. The van der Waals surface area contributed by atoms with Gasteiger partial charge >= 0.3 is 0 Å². The Hall–Kier alpha value is -2.07. The van der Waals surface area contributed by atoms with Gasteiger partial charge in [0.25, 0.3) is 5.91 Å². The van der Waals surface area contributed by atoms with Gasteiger partial charge in [0.2, 0.25) is 0 Å². The maximum Gasteiger partial charge on any atom is 0.265 e. The van der Waals surface area contributed by atoms with Gasteiger partial charge in [0.15, 0.2) is 6.10 Å². The van der Waals surface area contributed by atoms with Crippen LogP contribution in [0, 0.1) is 5.82 Å². The summed E-state index contributed by atoms with van der Waals surface area (Å²) in [7, 11) is 0. The van der Waals surface area contributed by atoms with Gasteiger partial charge < -0.3 is 10.1 Å². The molecule has 1 heterocycles. The van der Waals surface area contributed by atoms with Gasteiger partial charge in [-0.15, -0.1) is 0 Å². The van der Waals surface area contributed by atoms with Crippen molar-refractivity contribution in [3.8, 4) is 5.75 Å². The molecule has 0 saturated carbocycles. The fraction of sp³-hybridized carbons (Fsp3) is 0.133. The maximum absolute atomic E-state index is 13.1. The largest absolute Gasteiger partial charge is 0.480 e. The fourth-order valence-electron chi connectivity index (χ4n) is 2.15. The molecule has 0 saturated heterocycles. The number of rotatable bonds is 2. The van der Waals surface area contributed by atoms with Crippen molar-refractivity contribution < 1.29 is 13.9 Å². The number of amides is 1. The van der Waals surface area contributed by atoms with E-state index in [-0.39, 0.29) is 5.91 Å². The number of hydrogen-bond acceptors (Lipinski definition) is 2. The zero-order valence-electron chi connectivity index (χ0n) is 10.4. The minimum atomic E-state index is -0.619. The fourth-order valence-corrected chi connectivity index (χ4v) is 2.35. The van der Waals surface area contributed by atoms with Crippen LogP contribution in [0.25, 0.3) is 0 Å². The van der Waals surface area contributed by atoms with Crippen LogP contribution in [0.5, 0.6) is 5.75 Å². The lowest BCUT2D eigenvalue weighted by molar-refractivity contribution is -0.122. The summed E-state index contributed by atoms with van der Waals surface area (Å²) in [6, 6.07) is 11.0. The Kier molecular flexibility index (Phi) is 3.32. The first-order valence-corrected chi connectivity index (χ1v) is 6.51. The molecule has 1 atom stereocenters. The van der Waals surface area contributed by atoms with Gasteiger partial charge in [-0.05, 0) is 42.0 Å². The van der Waals surface area contributed by atoms with Crippen molar-refractivity contribution in [2.45, 2.75) is 12.5 Å². The topological polar surface area (TPSA) is 38.3 Å². The molecule has 5 heteroatoms. The second kappa shape index (κ2) is 5.13. The first-order chi connectivity index (χ1) is 9.61. The molecule has 0 radical (unpaired) electrons. The van der Waals surface area contributed by atoms with E-state index < -0.39 is 11.9 Å². The Morgan fingerprint density at radius 2 is 2.15 bits per heavy atom. The molecular weight excluding hydrogens is 281 g/mol. The number of carbonyl (C=O) groups excluding carboxylic acids is 1. The Bertz CT molecular complexity index is 675. The van der Waals surface area contributed by atoms with Gasteiger partial charge in [0, 0.05) is 17.1 Å². The number of carbonyl (C=O) groups is 1. The predicted octanol–water partition coefficient (Wildman–Crippen LogP) is 3.42. The summed E-state index contributed by atoms with van der Waals surface area (Å²) in [5.41, 5.74) is 1.31. The number of fused-ring (bicyclic) bond motifs is 1. The van der Waals surface area contributed by atoms with Crippen molar-refractivity contribution in [3.63, 3.8) is 0 Å². The van der Waals surface area contributed by atoms with Crippen LogP contribution in [0.4, 0.5) is 10.1 Å². The monoisotopic (exact) mass is 291 g/mol. The first kappa shape index (κ1) is 12.9. The summed E-state index contributed by atoms with van der Waals surface area (Å²) < 4.78 is 18.6. The molecule has 20 heavy (non-hydrogen) atoms. The van der Waals surface area contributed by atoms with E-state index in [1.165, 1.54) is 18.2 Å². The molecule has 1 N–H and O–H groups in total. The summed E-state index contributed by atoms with van der Waals surface area (Å²) in [6.07, 6.45) is -0.163. The normalized spacial score (nSPS) is 16.4. The van der Waals surface area contributed by atoms with Crippen molar-refractivity contribution in [1.29, 1.82) is 0 Å². The second-order valence-corrected chi connectivity index (χ2v) is 5.00. The predicted molar refractivity (Wildman–Crippen MR) is 74.6 cm³/mol. The molecule has 3 rings (SSSR count). The molecule has 2 aromatic rings. The first-order valence-electron chi connectivity index (χ1n) is 6.13. The molecule has 0 fully saturated rings. The molecule has 0 aliphatic carbocycles. The average molecular weight is 292 g/mol. The molecular formula is C15H11ClFNO2. The summed E-state index contributed by atoms with van der Waals surface area (Å²) in [5.74, 6) is -0.0399. The minimum Gasteiger partial charge on any atom is -0.480 e. The van der Waals surface area contributed by atoms with Crippen molar-refractivity contribution >= 4 is 23.2 Å². The van der Waals surface area contributed by atoms with Crippen LogP contribution in [0.15, 0.2) is 42.5 Å². The average Bonchev–Trinajstić information content (AvgIpc) is 2.81. The van der Waals surface area contributed by atoms with Gasteiger partial charge in [0.1, 0.15) is 11.6 Å². The quantitative estimate of drug-likeness (QED) is 0.921. The summed E-state index contributed by atoms with van der Waals surface area (Å²) in [6.45, 7) is 0. The summed E-state index contributed by atoms with van der Waals surface area (Å²) in [4.78, 5) is 12.1. The van der Waals surface area contributed by atoms with Crippen LogP contribution >= 0.6 is 11.6 Å². The lowest BCUT2D eigenvalue weighted by atomic mass is 10.1. The van der Waals surface area contributed by atoms with Crippen molar-refractivity contribution in [2.24, 2.45) is 0 Å². The van der Waals surface area contributed by atoms with Crippen LogP contribution in [0.1, 0.15) is 5.56 Å². The number of ether oxygens (including phenoxy) is 1. The molecule has 2 aromatic carbocycles. The smallest absolute Gasteiger partial charge is 0.265 e. The third kappa shape index (κ3) is 2.60. The third-order valence-electron chi connectivity index (χ3n) is 3.08. The molecule has 1 aliphatic rings. The summed E-state index contributed by atoms with van der Waals surface area (Å²) in [5, 5.41) is 3.25. The Morgan fingerprint density at radius 1 is 1.30 bits per heavy atom. The Balaban J connectivity index is 1.71. The van der Waals surface area contributed by atoms with Gasteiger partial charge in [-0.1, -0.05) is 17.7 Å². The molecule has 3 nitrogen and oxygen atoms in total.